The van der Waals surface area contributed by atoms with Gasteiger partial charge in [0.2, 0.25) is 0 Å². The van der Waals surface area contributed by atoms with Gasteiger partial charge in [0.25, 0.3) is 0 Å². The van der Waals surface area contributed by atoms with Crippen LogP contribution in [0.4, 0.5) is 18.9 Å². The number of alkyl halides is 4. The number of aliphatic hydroxyl groups excluding tert-OH is 2. The van der Waals surface area contributed by atoms with Crippen molar-refractivity contribution in [3.8, 4) is 16.9 Å². The van der Waals surface area contributed by atoms with Crippen molar-refractivity contribution in [3.05, 3.63) is 338 Å². The predicted molar refractivity (Wildman–Crippen MR) is 562 cm³/mol. The zero-order chi connectivity index (χ0) is 104. The monoisotopic (exact) mass is 2280 g/mol. The fourth-order valence-electron chi connectivity index (χ4n) is 13.6. The summed E-state index contributed by atoms with van der Waals surface area (Å²) in [5.74, 6) is -2.47. The van der Waals surface area contributed by atoms with Crippen LogP contribution >= 0.6 is 82.4 Å². The first kappa shape index (κ1) is 118. The number of carboxylic acids is 1. The van der Waals surface area contributed by atoms with Crippen molar-refractivity contribution in [2.75, 3.05) is 65.3 Å². The van der Waals surface area contributed by atoms with Crippen molar-refractivity contribution < 1.29 is 118 Å². The van der Waals surface area contributed by atoms with E-state index < -0.39 is 40.8 Å². The zero-order valence-electron chi connectivity index (χ0n) is 81.6. The Bertz CT molecular complexity index is 5440. The topological polar surface area (TPSA) is 303 Å². The number of carboxylic acid groups (broad SMARTS) is 1. The molecular weight excluding hydrogens is 2160 g/mol. The minimum Gasteiger partial charge on any atom is -0.488 e. The van der Waals surface area contributed by atoms with Crippen LogP contribution in [0.3, 0.4) is 0 Å². The van der Waals surface area contributed by atoms with Gasteiger partial charge in [-0.2, -0.15) is 13.2 Å². The Hall–Kier alpha value is -9.48. The number of aliphatic hydroxyl groups is 2. The number of hydrogen-bond acceptors (Lipinski definition) is 21. The highest BCUT2D eigenvalue weighted by molar-refractivity contribution is 9.93. The molecule has 33 heteroatoms. The van der Waals surface area contributed by atoms with Crippen LogP contribution < -0.4 is 15.5 Å². The van der Waals surface area contributed by atoms with Crippen molar-refractivity contribution in [2.24, 2.45) is 0 Å². The van der Waals surface area contributed by atoms with E-state index in [0.29, 0.717) is 45.9 Å². The Balaban J connectivity index is 0.000000221. The summed E-state index contributed by atoms with van der Waals surface area (Å²) < 4.78 is 108. The number of amides is 1. The first-order valence-corrected chi connectivity index (χ1v) is 54.8. The van der Waals surface area contributed by atoms with Gasteiger partial charge < -0.3 is 81.4 Å². The van der Waals surface area contributed by atoms with Gasteiger partial charge in [-0.25, -0.2) is 24.0 Å². The summed E-state index contributed by atoms with van der Waals surface area (Å²) in [4.78, 5) is 69.6. The lowest BCUT2D eigenvalue weighted by molar-refractivity contribution is -0.167. The van der Waals surface area contributed by atoms with Gasteiger partial charge in [0.15, 0.2) is 0 Å². The molecule has 0 spiro atoms. The van der Waals surface area contributed by atoms with Crippen molar-refractivity contribution in [2.45, 2.75) is 199 Å². The molecule has 2 aromatic heterocycles. The van der Waals surface area contributed by atoms with Gasteiger partial charge >= 0.3 is 49.0 Å². The van der Waals surface area contributed by atoms with Gasteiger partial charge in [-0.3, -0.25) is 4.79 Å². The molecule has 0 saturated carbocycles. The van der Waals surface area contributed by atoms with Gasteiger partial charge in [-0.15, -0.1) is 0 Å². The Morgan fingerprint density at radius 2 is 0.823 bits per heavy atom. The number of aromatic carboxylic acids is 1. The molecule has 9 aromatic carbocycles. The zero-order valence-corrected chi connectivity index (χ0v) is 90.4. The minimum absolute atomic E-state index is 0.0121. The first-order valence-electron chi connectivity index (χ1n) is 45.5. The third-order valence-electron chi connectivity index (χ3n) is 21.7. The molecule has 0 radical (unpaired) electrons. The Morgan fingerprint density at radius 1 is 0.454 bits per heavy atom. The number of halogens is 8. The largest absolute Gasteiger partial charge is 0.498 e. The number of hydrogen-bond donors (Lipinski definition) is 4. The molecule has 23 nitrogen and oxygen atoms in total. The molecule has 5 saturated heterocycles. The van der Waals surface area contributed by atoms with Gasteiger partial charge in [0, 0.05) is 89.8 Å². The highest BCUT2D eigenvalue weighted by Crippen LogP contribution is 2.59. The second-order valence-corrected chi connectivity index (χ2v) is 53.3. The Kier molecular flexibility index (Phi) is 49.6. The third-order valence-corrected chi connectivity index (χ3v) is 22.9. The highest BCUT2D eigenvalue weighted by atomic mass is 80.0. The highest BCUT2D eigenvalue weighted by Gasteiger charge is 2.52. The summed E-state index contributed by atoms with van der Waals surface area (Å²) in [5.41, 5.74) is 12.0. The Labute approximate surface area is 867 Å². The van der Waals surface area contributed by atoms with Crippen molar-refractivity contribution in [1.82, 2.24) is 0 Å². The van der Waals surface area contributed by atoms with E-state index in [1.165, 1.54) is 46.4 Å². The van der Waals surface area contributed by atoms with E-state index in [4.69, 9.17) is 76.1 Å². The normalized spacial score (nSPS) is 16.3. The minimum atomic E-state index is -5.04. The van der Waals surface area contributed by atoms with Gasteiger partial charge in [-0.05, 0) is 297 Å². The molecule has 5 aliphatic rings. The number of benzene rings is 9. The molecule has 1 amide bonds. The number of rotatable bonds is 19. The van der Waals surface area contributed by atoms with Gasteiger partial charge in [0.05, 0.1) is 91.5 Å². The number of carbonyl (C=O) groups excluding carboxylic acids is 5. The molecule has 0 bridgehead atoms. The number of ether oxygens (including phenoxy) is 9. The van der Waals surface area contributed by atoms with Crippen molar-refractivity contribution in [3.63, 3.8) is 0 Å². The molecule has 758 valence electrons. The fraction of sp³-hybridized carbons (Fsp3) is 0.370. The van der Waals surface area contributed by atoms with Crippen LogP contribution in [0.15, 0.2) is 275 Å². The number of furan rings is 2. The lowest BCUT2D eigenvalue weighted by atomic mass is 9.81. The maximum Gasteiger partial charge on any atom is 0.498 e. The molecule has 141 heavy (non-hydrogen) atoms. The molecule has 5 aliphatic heterocycles. The van der Waals surface area contributed by atoms with Crippen LogP contribution in [-0.2, 0) is 77.1 Å². The number of nitrogens with one attached hydrogen (secondary N) is 1. The first-order chi connectivity index (χ1) is 66.8. The van der Waals surface area contributed by atoms with Crippen molar-refractivity contribution in [1.29, 1.82) is 0 Å². The van der Waals surface area contributed by atoms with Gasteiger partial charge in [0.1, 0.15) is 45.4 Å². The third kappa shape index (κ3) is 43.2. The molecule has 4 N–H and O–H groups in total. The maximum atomic E-state index is 12.6. The lowest BCUT2D eigenvalue weighted by Gasteiger charge is -2.32. The fourth-order valence-corrected chi connectivity index (χ4v) is 14.2. The molecule has 7 heterocycles. The van der Waals surface area contributed by atoms with Crippen LogP contribution in [0.2, 0.25) is 0 Å². The summed E-state index contributed by atoms with van der Waals surface area (Å²) in [6.07, 6.45) is 5.92. The molecule has 16 rings (SSSR count). The smallest absolute Gasteiger partial charge is 0.488 e. The summed E-state index contributed by atoms with van der Waals surface area (Å²) in [6.45, 7) is 31.8. The standard InChI is InChI=1S/C23H18F3NO4.C15H20O3.C15H16O3.C11H13BrO2.C11H13BrO.C11H12O3.C11H14O2.C10H15BO3.CH4O.Br3P/c24-23(25,26)22(29)27-18-11-12-19(21(28)31-15-17-9-5-2-6-10-17)20(13-18)30-14-16-7-3-1-4-8-16;2*1-15(2,3)18-14(16)12-6-4-11(5-7-12)13-8-9-17-10-13;1-11(2,3)14-10(13)8-4-6-9(12)7-5-8;12-7-9-1-3-10(4-2-9)11-5-6-13-8-11;12-11(13)9-3-1-8(2-4-9)10-5-6-14-7-10;12-7-9-1-3-10(4-2-9)11-5-6-13-8-11;1-9(2)10(3,4)14-11(13-9)8-5-6-12-7-8;1-2;1-4(2)3/h1-13H,14-15H2,(H,27,29);4-7,13H,8-10H2,1-3H3;4-10H,1-3H3;4-7H,1-3H3;1-4,11H,5-8H2;1-4,10H,5-7H2,(H,12,13);1-4,11-12H,5-8H2;5-7H,1-4H3;2H,1H3;. The second kappa shape index (κ2) is 59.1. The molecule has 4 atom stereocenters. The SMILES string of the molecule is BrCc1ccc(C2CCOC2)cc1.BrP(Br)Br.CC(C)(C)OC(=O)c1ccc(-c2ccoc2)cc1.CC(C)(C)OC(=O)c1ccc(Br)cc1.CC(C)(C)OC(=O)c1ccc(C2CCOC2)cc1.CC1(C)OB(c2ccoc2)OC1(C)C.CO.O=C(O)c1ccc(C2CCOC2)cc1.O=C(OCc1ccccc1)c1ccc(NC(=O)C(F)(F)F)cc1OCc1ccccc1.OCc1ccc(C2CCOC2)cc1. The maximum absolute atomic E-state index is 12.6. The average molecular weight is 2290 g/mol. The van der Waals surface area contributed by atoms with Crippen molar-refractivity contribution >= 4 is 136 Å². The van der Waals surface area contributed by atoms with Crippen LogP contribution in [0.1, 0.15) is 236 Å². The van der Waals surface area contributed by atoms with Crippen LogP contribution in [0, 0.1) is 0 Å². The summed E-state index contributed by atoms with van der Waals surface area (Å²) in [6, 6.07) is 71.4. The van der Waals surface area contributed by atoms with Crippen LogP contribution in [-0.4, -0.2) is 152 Å². The molecule has 11 aromatic rings. The Morgan fingerprint density at radius 3 is 1.17 bits per heavy atom. The van der Waals surface area contributed by atoms with E-state index in [-0.39, 0.29) is 77.1 Å². The van der Waals surface area contributed by atoms with E-state index in [9.17, 15) is 41.9 Å². The van der Waals surface area contributed by atoms with E-state index >= 15 is 0 Å². The number of esters is 4. The predicted octanol–water partition coefficient (Wildman–Crippen LogP) is 26.8. The van der Waals surface area contributed by atoms with E-state index in [1.54, 1.807) is 115 Å². The summed E-state index contributed by atoms with van der Waals surface area (Å²) >= 11 is 16.3. The number of anilines is 1. The quantitative estimate of drug-likeness (QED) is 0.0192. The number of carbonyl (C=O) groups is 6. The van der Waals surface area contributed by atoms with E-state index in [1.807, 2.05) is 187 Å². The lowest BCUT2D eigenvalue weighted by Crippen LogP contribution is -2.41. The summed E-state index contributed by atoms with van der Waals surface area (Å²) in [5, 5.41) is 27.3. The van der Waals surface area contributed by atoms with Crippen LogP contribution in [0.5, 0.6) is 5.75 Å². The molecule has 0 aliphatic carbocycles. The van der Waals surface area contributed by atoms with E-state index in [2.05, 4.69) is 115 Å². The second-order valence-electron chi connectivity index (χ2n) is 36.5. The molecule has 4 unspecified atom stereocenters. The molecule has 5 fully saturated rings. The molecular formula is C108H125BBr5F3NO22P. The summed E-state index contributed by atoms with van der Waals surface area (Å²) in [7, 11) is 0.693. The van der Waals surface area contributed by atoms with Crippen LogP contribution in [0.25, 0.3) is 11.1 Å². The average Bonchev–Trinajstić information content (AvgIpc) is 1.62. The van der Waals surface area contributed by atoms with Gasteiger partial charge in [-0.1, -0.05) is 177 Å². The van der Waals surface area contributed by atoms with E-state index in [0.717, 1.165) is 128 Å².